The molecule has 4 rings (SSSR count). The quantitative estimate of drug-likeness (QED) is 0.683. The molecular formula is C17H11FN2O3. The van der Waals surface area contributed by atoms with Gasteiger partial charge in [0.15, 0.2) is 5.58 Å². The zero-order chi connectivity index (χ0) is 16.0. The summed E-state index contributed by atoms with van der Waals surface area (Å²) in [4.78, 5) is 26.0. The molecule has 1 atom stereocenters. The maximum atomic E-state index is 13.0. The number of para-hydroxylation sites is 1. The van der Waals surface area contributed by atoms with Gasteiger partial charge in [-0.1, -0.05) is 17.3 Å². The molecule has 5 nitrogen and oxygen atoms in total. The van der Waals surface area contributed by atoms with E-state index in [0.29, 0.717) is 17.0 Å². The van der Waals surface area contributed by atoms with E-state index in [1.165, 1.54) is 24.3 Å². The van der Waals surface area contributed by atoms with Gasteiger partial charge in [0.1, 0.15) is 11.5 Å². The highest BCUT2D eigenvalue weighted by Crippen LogP contribution is 2.35. The number of amides is 2. The van der Waals surface area contributed by atoms with Crippen LogP contribution in [0.2, 0.25) is 0 Å². The molecule has 0 spiro atoms. The molecule has 0 aliphatic carbocycles. The minimum absolute atomic E-state index is 0.0206. The van der Waals surface area contributed by atoms with Gasteiger partial charge >= 0.3 is 0 Å². The zero-order valence-corrected chi connectivity index (χ0v) is 11.9. The number of fused-ring (bicyclic) bond motifs is 1. The molecule has 0 saturated carbocycles. The molecule has 114 valence electrons. The Morgan fingerprint density at radius 1 is 1.09 bits per heavy atom. The molecule has 1 unspecified atom stereocenters. The van der Waals surface area contributed by atoms with Gasteiger partial charge in [0.05, 0.1) is 11.6 Å². The number of rotatable bonds is 2. The van der Waals surface area contributed by atoms with E-state index in [9.17, 15) is 14.0 Å². The van der Waals surface area contributed by atoms with E-state index in [0.717, 1.165) is 10.3 Å². The average molecular weight is 310 g/mol. The molecule has 1 fully saturated rings. The Labute approximate surface area is 130 Å². The van der Waals surface area contributed by atoms with E-state index in [1.807, 2.05) is 12.1 Å². The standard InChI is InChI=1S/C17H11FN2O3/c18-10-5-7-11(8-6-10)20-15(21)9-13(17(20)22)16-12-3-1-2-4-14(12)23-19-16/h1-8,13H,9H2. The molecule has 3 aromatic rings. The number of anilines is 1. The van der Waals surface area contributed by atoms with Crippen LogP contribution in [-0.2, 0) is 9.59 Å². The molecule has 2 aromatic carbocycles. The number of nitrogens with zero attached hydrogens (tertiary/aromatic N) is 2. The summed E-state index contributed by atoms with van der Waals surface area (Å²) in [6, 6.07) is 12.4. The first-order valence-corrected chi connectivity index (χ1v) is 7.12. The van der Waals surface area contributed by atoms with Crippen molar-refractivity contribution in [3.63, 3.8) is 0 Å². The summed E-state index contributed by atoms with van der Waals surface area (Å²) in [7, 11) is 0. The summed E-state index contributed by atoms with van der Waals surface area (Å²) in [5, 5.41) is 4.69. The molecule has 2 heterocycles. The van der Waals surface area contributed by atoms with Crippen molar-refractivity contribution in [1.82, 2.24) is 5.16 Å². The third-order valence-electron chi connectivity index (χ3n) is 3.97. The van der Waals surface area contributed by atoms with Crippen LogP contribution in [0.5, 0.6) is 0 Å². The van der Waals surface area contributed by atoms with Crippen LogP contribution in [-0.4, -0.2) is 17.0 Å². The summed E-state index contributed by atoms with van der Waals surface area (Å²) >= 11 is 0. The van der Waals surface area contributed by atoms with Crippen molar-refractivity contribution in [3.8, 4) is 0 Å². The first kappa shape index (κ1) is 13.6. The van der Waals surface area contributed by atoms with Crippen LogP contribution in [0.1, 0.15) is 18.0 Å². The maximum Gasteiger partial charge on any atom is 0.243 e. The number of carbonyl (C=O) groups excluding carboxylic acids is 2. The van der Waals surface area contributed by atoms with E-state index in [2.05, 4.69) is 5.16 Å². The highest BCUT2D eigenvalue weighted by atomic mass is 19.1. The largest absolute Gasteiger partial charge is 0.356 e. The third kappa shape index (κ3) is 2.11. The Balaban J connectivity index is 1.74. The summed E-state index contributed by atoms with van der Waals surface area (Å²) in [6.45, 7) is 0. The van der Waals surface area contributed by atoms with Gasteiger partial charge in [-0.2, -0.15) is 0 Å². The molecule has 2 amide bonds. The summed E-state index contributed by atoms with van der Waals surface area (Å²) in [6.07, 6.45) is 0.0206. The molecule has 0 bridgehead atoms. The Kier molecular flexibility index (Phi) is 2.97. The highest BCUT2D eigenvalue weighted by molar-refractivity contribution is 6.23. The second-order valence-corrected chi connectivity index (χ2v) is 5.36. The Morgan fingerprint density at radius 3 is 2.61 bits per heavy atom. The SMILES string of the molecule is O=C1CC(c2noc3ccccc23)C(=O)N1c1ccc(F)cc1. The molecular weight excluding hydrogens is 299 g/mol. The molecule has 1 aliphatic rings. The van der Waals surface area contributed by atoms with Gasteiger partial charge in [0.2, 0.25) is 11.8 Å². The van der Waals surface area contributed by atoms with Crippen LogP contribution in [0.3, 0.4) is 0 Å². The van der Waals surface area contributed by atoms with Crippen LogP contribution < -0.4 is 4.90 Å². The third-order valence-corrected chi connectivity index (χ3v) is 3.97. The van der Waals surface area contributed by atoms with Gasteiger partial charge in [-0.15, -0.1) is 0 Å². The minimum Gasteiger partial charge on any atom is -0.356 e. The number of carbonyl (C=O) groups is 2. The summed E-state index contributed by atoms with van der Waals surface area (Å²) in [5.74, 6) is -1.82. The number of hydrogen-bond donors (Lipinski definition) is 0. The van der Waals surface area contributed by atoms with Gasteiger partial charge in [0, 0.05) is 11.8 Å². The first-order chi connectivity index (χ1) is 11.1. The second-order valence-electron chi connectivity index (χ2n) is 5.36. The lowest BCUT2D eigenvalue weighted by Crippen LogP contribution is -2.30. The van der Waals surface area contributed by atoms with Gasteiger partial charge in [-0.3, -0.25) is 9.59 Å². The normalized spacial score (nSPS) is 18.1. The molecule has 0 N–H and O–H groups in total. The molecule has 1 aliphatic heterocycles. The topological polar surface area (TPSA) is 63.4 Å². The second kappa shape index (κ2) is 5.01. The van der Waals surface area contributed by atoms with Crippen LogP contribution in [0.25, 0.3) is 11.0 Å². The predicted octanol–water partition coefficient (Wildman–Crippen LogP) is 3.01. The van der Waals surface area contributed by atoms with Crippen LogP contribution in [0, 0.1) is 5.82 Å². The van der Waals surface area contributed by atoms with E-state index >= 15 is 0 Å². The zero-order valence-electron chi connectivity index (χ0n) is 11.9. The Hall–Kier alpha value is -3.02. The summed E-state index contributed by atoms with van der Waals surface area (Å²) in [5.41, 5.74) is 1.39. The molecule has 0 radical (unpaired) electrons. The van der Waals surface area contributed by atoms with E-state index in [4.69, 9.17) is 4.52 Å². The monoisotopic (exact) mass is 310 g/mol. The van der Waals surface area contributed by atoms with Gasteiger partial charge < -0.3 is 4.52 Å². The number of hydrogen-bond acceptors (Lipinski definition) is 4. The van der Waals surface area contributed by atoms with Crippen molar-refractivity contribution in [3.05, 3.63) is 60.0 Å². The van der Waals surface area contributed by atoms with Crippen molar-refractivity contribution in [2.75, 3.05) is 4.90 Å². The maximum absolute atomic E-state index is 13.0. The molecule has 6 heteroatoms. The van der Waals surface area contributed by atoms with Crippen molar-refractivity contribution in [2.45, 2.75) is 12.3 Å². The van der Waals surface area contributed by atoms with Crippen molar-refractivity contribution in [1.29, 1.82) is 0 Å². The van der Waals surface area contributed by atoms with E-state index < -0.39 is 11.7 Å². The van der Waals surface area contributed by atoms with E-state index in [1.54, 1.807) is 12.1 Å². The number of aromatic nitrogens is 1. The van der Waals surface area contributed by atoms with Crippen molar-refractivity contribution in [2.24, 2.45) is 0 Å². The fourth-order valence-electron chi connectivity index (χ4n) is 2.86. The number of benzene rings is 2. The van der Waals surface area contributed by atoms with Gasteiger partial charge in [0.25, 0.3) is 0 Å². The van der Waals surface area contributed by atoms with E-state index in [-0.39, 0.29) is 18.2 Å². The number of imide groups is 1. The predicted molar refractivity (Wildman–Crippen MR) is 80.3 cm³/mol. The highest BCUT2D eigenvalue weighted by Gasteiger charge is 2.42. The Bertz CT molecular complexity index is 917. The fraction of sp³-hybridized carbons (Fsp3) is 0.118. The van der Waals surface area contributed by atoms with Crippen molar-refractivity contribution >= 4 is 28.5 Å². The molecule has 1 saturated heterocycles. The van der Waals surface area contributed by atoms with Crippen molar-refractivity contribution < 1.29 is 18.5 Å². The lowest BCUT2D eigenvalue weighted by Gasteiger charge is -2.14. The molecule has 23 heavy (non-hydrogen) atoms. The van der Waals surface area contributed by atoms with Gasteiger partial charge in [-0.25, -0.2) is 9.29 Å². The van der Waals surface area contributed by atoms with Crippen LogP contribution in [0.15, 0.2) is 53.1 Å². The smallest absolute Gasteiger partial charge is 0.243 e. The number of halogens is 1. The Morgan fingerprint density at radius 2 is 1.83 bits per heavy atom. The summed E-state index contributed by atoms with van der Waals surface area (Å²) < 4.78 is 18.3. The van der Waals surface area contributed by atoms with Crippen LogP contribution >= 0.6 is 0 Å². The van der Waals surface area contributed by atoms with Crippen LogP contribution in [0.4, 0.5) is 10.1 Å². The average Bonchev–Trinajstić information content (AvgIpc) is 3.10. The lowest BCUT2D eigenvalue weighted by atomic mass is 10.0. The molecule has 1 aromatic heterocycles. The van der Waals surface area contributed by atoms with Gasteiger partial charge in [-0.05, 0) is 36.4 Å². The minimum atomic E-state index is -0.684. The fourth-order valence-corrected chi connectivity index (χ4v) is 2.86. The lowest BCUT2D eigenvalue weighted by molar-refractivity contribution is -0.121. The first-order valence-electron chi connectivity index (χ1n) is 7.12.